The van der Waals surface area contributed by atoms with Gasteiger partial charge in [0.25, 0.3) is 0 Å². The molecule has 0 radical (unpaired) electrons. The summed E-state index contributed by atoms with van der Waals surface area (Å²) in [5.41, 5.74) is 1.87. The number of aliphatic carboxylic acids is 1. The fraction of sp³-hybridized carbons (Fsp3) is 0.562. The van der Waals surface area contributed by atoms with Gasteiger partial charge in [-0.1, -0.05) is 31.7 Å². The Morgan fingerprint density at radius 2 is 1.62 bits per heavy atom. The number of hydrogen-bond acceptors (Lipinski definition) is 3. The summed E-state index contributed by atoms with van der Waals surface area (Å²) in [6.45, 7) is 3.75. The van der Waals surface area contributed by atoms with Crippen molar-refractivity contribution >= 4 is 15.8 Å². The number of carboxylic acids is 1. The van der Waals surface area contributed by atoms with Crippen LogP contribution in [-0.2, 0) is 14.6 Å². The topological polar surface area (TPSA) is 71.4 Å². The third kappa shape index (κ3) is 2.71. The van der Waals surface area contributed by atoms with Gasteiger partial charge in [-0.15, -0.1) is 0 Å². The van der Waals surface area contributed by atoms with Crippen LogP contribution in [0.25, 0.3) is 0 Å². The summed E-state index contributed by atoms with van der Waals surface area (Å²) in [7, 11) is -3.89. The third-order valence-corrected chi connectivity index (χ3v) is 7.09. The normalized spacial score (nSPS) is 19.0. The molecule has 0 saturated heterocycles. The van der Waals surface area contributed by atoms with Crippen molar-refractivity contribution in [1.82, 2.24) is 0 Å². The summed E-state index contributed by atoms with van der Waals surface area (Å²) < 4.78 is 24.3. The zero-order valence-electron chi connectivity index (χ0n) is 12.6. The van der Waals surface area contributed by atoms with Crippen molar-refractivity contribution < 1.29 is 18.3 Å². The highest BCUT2D eigenvalue weighted by Gasteiger charge is 2.51. The van der Waals surface area contributed by atoms with Crippen molar-refractivity contribution in [2.75, 3.05) is 0 Å². The largest absolute Gasteiger partial charge is 0.480 e. The standard InChI is InChI=1S/C16H22O4S/c1-12-7-8-14(11-13(12)2)21(19,20)16(15(17)18)9-5-3-4-6-10-16/h7-8,11H,3-6,9-10H2,1-2H3,(H,17,18). The van der Waals surface area contributed by atoms with Crippen molar-refractivity contribution in [3.63, 3.8) is 0 Å². The highest BCUT2D eigenvalue weighted by molar-refractivity contribution is 7.93. The molecule has 1 aliphatic rings. The van der Waals surface area contributed by atoms with E-state index < -0.39 is 20.6 Å². The van der Waals surface area contributed by atoms with Gasteiger partial charge in [0.05, 0.1) is 4.90 Å². The first-order valence-electron chi connectivity index (χ1n) is 7.36. The van der Waals surface area contributed by atoms with Crippen molar-refractivity contribution in [3.05, 3.63) is 29.3 Å². The quantitative estimate of drug-likeness (QED) is 0.870. The van der Waals surface area contributed by atoms with Gasteiger partial charge in [-0.05, 0) is 49.9 Å². The molecule has 5 heteroatoms. The summed E-state index contributed by atoms with van der Waals surface area (Å²) in [5.74, 6) is -1.21. The number of carbonyl (C=O) groups is 1. The summed E-state index contributed by atoms with van der Waals surface area (Å²) in [5, 5.41) is 9.66. The number of aryl methyl sites for hydroxylation is 2. The van der Waals surface area contributed by atoms with E-state index in [1.807, 2.05) is 13.8 Å². The first-order chi connectivity index (χ1) is 9.81. The predicted molar refractivity (Wildman–Crippen MR) is 81.2 cm³/mol. The van der Waals surface area contributed by atoms with E-state index in [9.17, 15) is 18.3 Å². The molecule has 2 rings (SSSR count). The Kier molecular flexibility index (Phi) is 4.42. The molecule has 0 amide bonds. The van der Waals surface area contributed by atoms with Crippen molar-refractivity contribution in [2.45, 2.75) is 62.0 Å². The van der Waals surface area contributed by atoms with E-state index in [2.05, 4.69) is 0 Å². The molecule has 116 valence electrons. The molecule has 0 unspecified atom stereocenters. The van der Waals surface area contributed by atoms with Crippen LogP contribution in [0.4, 0.5) is 0 Å². The van der Waals surface area contributed by atoms with Gasteiger partial charge in [0.2, 0.25) is 0 Å². The average molecular weight is 310 g/mol. The van der Waals surface area contributed by atoms with E-state index in [1.54, 1.807) is 12.1 Å². The van der Waals surface area contributed by atoms with Crippen LogP contribution < -0.4 is 0 Å². The Bertz CT molecular complexity index is 638. The van der Waals surface area contributed by atoms with Gasteiger partial charge in [0.1, 0.15) is 0 Å². The van der Waals surface area contributed by atoms with Crippen LogP contribution in [0.5, 0.6) is 0 Å². The van der Waals surface area contributed by atoms with Gasteiger partial charge in [-0.2, -0.15) is 0 Å². The van der Waals surface area contributed by atoms with Crippen molar-refractivity contribution in [3.8, 4) is 0 Å². The maximum Gasteiger partial charge on any atom is 0.325 e. The van der Waals surface area contributed by atoms with Crippen molar-refractivity contribution in [2.24, 2.45) is 0 Å². The smallest absolute Gasteiger partial charge is 0.325 e. The zero-order chi connectivity index (χ0) is 15.7. The lowest BCUT2D eigenvalue weighted by Crippen LogP contribution is -2.46. The van der Waals surface area contributed by atoms with E-state index in [-0.39, 0.29) is 17.7 Å². The first kappa shape index (κ1) is 16.0. The summed E-state index contributed by atoms with van der Waals surface area (Å²) in [6, 6.07) is 4.88. The van der Waals surface area contributed by atoms with Gasteiger partial charge in [0, 0.05) is 0 Å². The number of benzene rings is 1. The van der Waals surface area contributed by atoms with Gasteiger partial charge >= 0.3 is 5.97 Å². The maximum absolute atomic E-state index is 13.0. The molecule has 4 nitrogen and oxygen atoms in total. The highest BCUT2D eigenvalue weighted by Crippen LogP contribution is 2.38. The molecule has 1 N–H and O–H groups in total. The number of hydrogen-bond donors (Lipinski definition) is 1. The number of sulfone groups is 1. The monoisotopic (exact) mass is 310 g/mol. The Labute approximate surface area is 126 Å². The van der Waals surface area contributed by atoms with Gasteiger partial charge in [-0.25, -0.2) is 8.42 Å². The minimum absolute atomic E-state index is 0.134. The molecule has 0 bridgehead atoms. The van der Waals surface area contributed by atoms with E-state index in [0.717, 1.165) is 24.0 Å². The first-order valence-corrected chi connectivity index (χ1v) is 8.85. The molecule has 1 aromatic rings. The number of rotatable bonds is 3. The number of carboxylic acid groups (broad SMARTS) is 1. The van der Waals surface area contributed by atoms with Gasteiger partial charge in [0.15, 0.2) is 14.6 Å². The molecule has 1 fully saturated rings. The molecule has 0 heterocycles. The van der Waals surface area contributed by atoms with Crippen LogP contribution in [0.1, 0.15) is 49.7 Å². The molecule has 0 aromatic heterocycles. The zero-order valence-corrected chi connectivity index (χ0v) is 13.4. The minimum atomic E-state index is -3.89. The summed E-state index contributed by atoms with van der Waals surface area (Å²) in [6.07, 6.45) is 3.51. The molecular formula is C16H22O4S. The average Bonchev–Trinajstić information content (AvgIpc) is 2.68. The summed E-state index contributed by atoms with van der Waals surface area (Å²) >= 11 is 0. The Balaban J connectivity index is 2.56. The fourth-order valence-corrected chi connectivity index (χ4v) is 5.09. The molecule has 0 aliphatic heterocycles. The van der Waals surface area contributed by atoms with E-state index in [0.29, 0.717) is 12.8 Å². The molecular weight excluding hydrogens is 288 g/mol. The Morgan fingerprint density at radius 1 is 1.05 bits per heavy atom. The second-order valence-corrected chi connectivity index (χ2v) is 8.22. The molecule has 1 saturated carbocycles. The van der Waals surface area contributed by atoms with Crippen LogP contribution >= 0.6 is 0 Å². The lowest BCUT2D eigenvalue weighted by molar-refractivity contribution is -0.140. The van der Waals surface area contributed by atoms with Gasteiger partial charge < -0.3 is 5.11 Å². The second-order valence-electron chi connectivity index (χ2n) is 5.96. The van der Waals surface area contributed by atoms with E-state index >= 15 is 0 Å². The predicted octanol–water partition coefficient (Wildman–Crippen LogP) is 3.25. The van der Waals surface area contributed by atoms with Crippen LogP contribution in [0.15, 0.2) is 23.1 Å². The minimum Gasteiger partial charge on any atom is -0.480 e. The molecule has 0 spiro atoms. The molecule has 1 aliphatic carbocycles. The highest BCUT2D eigenvalue weighted by atomic mass is 32.2. The third-order valence-electron chi connectivity index (χ3n) is 4.60. The van der Waals surface area contributed by atoms with Crippen LogP contribution in [0.3, 0.4) is 0 Å². The lowest BCUT2D eigenvalue weighted by Gasteiger charge is -2.28. The molecule has 0 atom stereocenters. The van der Waals surface area contributed by atoms with Crippen LogP contribution in [0, 0.1) is 13.8 Å². The van der Waals surface area contributed by atoms with E-state index in [1.165, 1.54) is 6.07 Å². The maximum atomic E-state index is 13.0. The van der Waals surface area contributed by atoms with Crippen LogP contribution in [-0.4, -0.2) is 24.2 Å². The Hall–Kier alpha value is -1.36. The second kappa shape index (κ2) is 5.79. The van der Waals surface area contributed by atoms with Crippen molar-refractivity contribution in [1.29, 1.82) is 0 Å². The van der Waals surface area contributed by atoms with E-state index in [4.69, 9.17) is 0 Å². The Morgan fingerprint density at radius 3 is 2.10 bits per heavy atom. The fourth-order valence-electron chi connectivity index (χ4n) is 3.00. The van der Waals surface area contributed by atoms with Crippen LogP contribution in [0.2, 0.25) is 0 Å². The lowest BCUT2D eigenvalue weighted by atomic mass is 9.99. The molecule has 21 heavy (non-hydrogen) atoms. The summed E-state index contributed by atoms with van der Waals surface area (Å²) in [4.78, 5) is 12.0. The SMILES string of the molecule is Cc1ccc(S(=O)(=O)C2(C(=O)O)CCCCCC2)cc1C. The van der Waals surface area contributed by atoms with Gasteiger partial charge in [-0.3, -0.25) is 4.79 Å². The molecule has 1 aromatic carbocycles.